The van der Waals surface area contributed by atoms with Crippen LogP contribution in [0.1, 0.15) is 41.7 Å². The lowest BCUT2D eigenvalue weighted by molar-refractivity contribution is 0.0901. The molecule has 2 aliphatic heterocycles. The Bertz CT molecular complexity index is 511. The van der Waals surface area contributed by atoms with Crippen LogP contribution in [0, 0.1) is 17.2 Å². The molecule has 3 nitrogen and oxygen atoms in total. The zero-order valence-corrected chi connectivity index (χ0v) is 10.8. The third-order valence-corrected chi connectivity index (χ3v) is 5.43. The van der Waals surface area contributed by atoms with Gasteiger partial charge in [0, 0.05) is 22.6 Å². The third kappa shape index (κ3) is 2.15. The van der Waals surface area contributed by atoms with E-state index in [1.165, 1.54) is 12.8 Å². The third-order valence-electron chi connectivity index (χ3n) is 3.80. The van der Waals surface area contributed by atoms with Crippen molar-refractivity contribution < 1.29 is 4.79 Å². The van der Waals surface area contributed by atoms with Crippen LogP contribution in [0.2, 0.25) is 0 Å². The lowest BCUT2D eigenvalue weighted by atomic mass is 9.92. The van der Waals surface area contributed by atoms with Crippen LogP contribution in [0.5, 0.6) is 0 Å². The number of nitrogens with zero attached hydrogens (tertiary/aromatic N) is 2. The highest BCUT2D eigenvalue weighted by molar-refractivity contribution is 8.00. The molecule has 1 aromatic rings. The Labute approximate surface area is 111 Å². The highest BCUT2D eigenvalue weighted by Gasteiger charge is 2.38. The van der Waals surface area contributed by atoms with Crippen LogP contribution < -0.4 is 0 Å². The smallest absolute Gasteiger partial charge is 0.184 e. The number of hydrogen-bond acceptors (Lipinski definition) is 4. The van der Waals surface area contributed by atoms with Crippen LogP contribution >= 0.6 is 11.8 Å². The number of aromatic nitrogens is 1. The number of fused-ring (bicyclic) bond motifs is 2. The maximum atomic E-state index is 12.4. The monoisotopic (exact) mass is 258 g/mol. The van der Waals surface area contributed by atoms with Crippen molar-refractivity contribution in [3.05, 3.63) is 29.6 Å². The van der Waals surface area contributed by atoms with Gasteiger partial charge < -0.3 is 0 Å². The van der Waals surface area contributed by atoms with E-state index in [1.807, 2.05) is 0 Å². The molecule has 2 fully saturated rings. The minimum absolute atomic E-state index is 0.116. The predicted molar refractivity (Wildman–Crippen MR) is 70.4 cm³/mol. The number of ketones is 1. The number of hydrogen-bond donors (Lipinski definition) is 0. The normalized spacial score (nSPS) is 29.8. The van der Waals surface area contributed by atoms with Gasteiger partial charge in [-0.1, -0.05) is 0 Å². The Morgan fingerprint density at radius 2 is 2.11 bits per heavy atom. The summed E-state index contributed by atoms with van der Waals surface area (Å²) in [6, 6.07) is 5.31. The molecule has 2 aliphatic rings. The van der Waals surface area contributed by atoms with Gasteiger partial charge in [-0.15, -0.1) is 0 Å². The number of Topliss-reactive ketones (excluding diaryl/α,β-unsaturated/α-hetero) is 1. The summed E-state index contributed by atoms with van der Waals surface area (Å²) in [6.45, 7) is 0. The maximum absolute atomic E-state index is 12.4. The molecular weight excluding hydrogens is 244 g/mol. The lowest BCUT2D eigenvalue weighted by Gasteiger charge is -2.25. The molecule has 18 heavy (non-hydrogen) atoms. The first-order valence-corrected chi connectivity index (χ1v) is 7.26. The number of thioether (sulfide) groups is 1. The second kappa shape index (κ2) is 4.74. The second-order valence-electron chi connectivity index (χ2n) is 5.03. The van der Waals surface area contributed by atoms with Crippen LogP contribution in [-0.4, -0.2) is 21.3 Å². The van der Waals surface area contributed by atoms with Crippen molar-refractivity contribution >= 4 is 17.5 Å². The Kier molecular flexibility index (Phi) is 3.09. The maximum Gasteiger partial charge on any atom is 0.184 e. The van der Waals surface area contributed by atoms with Crippen molar-refractivity contribution in [1.29, 1.82) is 5.26 Å². The van der Waals surface area contributed by atoms with Gasteiger partial charge in [-0.2, -0.15) is 17.0 Å². The van der Waals surface area contributed by atoms with Crippen LogP contribution in [0.25, 0.3) is 0 Å². The first-order chi connectivity index (χ1) is 8.76. The van der Waals surface area contributed by atoms with Gasteiger partial charge in [0.15, 0.2) is 5.78 Å². The quantitative estimate of drug-likeness (QED) is 0.765. The molecule has 0 spiro atoms. The van der Waals surface area contributed by atoms with Gasteiger partial charge in [0.05, 0.1) is 11.6 Å². The Morgan fingerprint density at radius 1 is 1.39 bits per heavy atom. The molecule has 0 N–H and O–H groups in total. The molecule has 2 unspecified atom stereocenters. The Balaban J connectivity index is 1.80. The standard InChI is InChI=1S/C14H14N2OS/c15-8-9-3-4-16-13(5-9)14(17)10-6-11-1-2-12(7-10)18-11/h3-5,10-12H,1-2,6-7H2. The SMILES string of the molecule is N#Cc1ccnc(C(=O)C2CC3CCC(C2)S3)c1. The Morgan fingerprint density at radius 3 is 2.78 bits per heavy atom. The van der Waals surface area contributed by atoms with Crippen molar-refractivity contribution in [2.45, 2.75) is 36.2 Å². The summed E-state index contributed by atoms with van der Waals surface area (Å²) >= 11 is 2.05. The number of carbonyl (C=O) groups is 1. The second-order valence-corrected chi connectivity index (χ2v) is 6.64. The number of nitriles is 1. The zero-order chi connectivity index (χ0) is 12.5. The van der Waals surface area contributed by atoms with Gasteiger partial charge in [-0.05, 0) is 37.8 Å². The van der Waals surface area contributed by atoms with E-state index >= 15 is 0 Å². The molecule has 1 aromatic heterocycles. The minimum Gasteiger partial charge on any atom is -0.292 e. The number of pyridine rings is 1. The molecule has 92 valence electrons. The highest BCUT2D eigenvalue weighted by atomic mass is 32.2. The van der Waals surface area contributed by atoms with E-state index in [0.29, 0.717) is 21.8 Å². The molecule has 0 aliphatic carbocycles. The topological polar surface area (TPSA) is 53.8 Å². The van der Waals surface area contributed by atoms with Gasteiger partial charge in [0.1, 0.15) is 5.69 Å². The van der Waals surface area contributed by atoms with Crippen LogP contribution in [0.3, 0.4) is 0 Å². The molecule has 2 bridgehead atoms. The summed E-state index contributed by atoms with van der Waals surface area (Å²) in [6.07, 6.45) is 6.03. The average Bonchev–Trinajstić information content (AvgIpc) is 2.76. The molecule has 0 radical (unpaired) electrons. The van der Waals surface area contributed by atoms with Gasteiger partial charge >= 0.3 is 0 Å². The van der Waals surface area contributed by atoms with E-state index < -0.39 is 0 Å². The summed E-state index contributed by atoms with van der Waals surface area (Å²) in [7, 11) is 0. The lowest BCUT2D eigenvalue weighted by Crippen LogP contribution is -2.25. The Hall–Kier alpha value is -1.34. The molecule has 3 heterocycles. The molecule has 0 saturated carbocycles. The van der Waals surface area contributed by atoms with Gasteiger partial charge in [-0.3, -0.25) is 9.78 Å². The predicted octanol–water partition coefficient (Wildman–Crippen LogP) is 2.81. The number of carbonyl (C=O) groups excluding carboxylic acids is 1. The van der Waals surface area contributed by atoms with Crippen LogP contribution in [0.15, 0.2) is 18.3 Å². The molecule has 3 rings (SSSR count). The molecule has 4 heteroatoms. The summed E-state index contributed by atoms with van der Waals surface area (Å²) in [5.74, 6) is 0.245. The van der Waals surface area contributed by atoms with Crippen molar-refractivity contribution in [1.82, 2.24) is 4.98 Å². The fourth-order valence-electron chi connectivity index (χ4n) is 2.92. The molecular formula is C14H14N2OS. The summed E-state index contributed by atoms with van der Waals surface area (Å²) < 4.78 is 0. The van der Waals surface area contributed by atoms with E-state index in [4.69, 9.17) is 5.26 Å². The van der Waals surface area contributed by atoms with E-state index in [0.717, 1.165) is 12.8 Å². The molecule has 2 atom stereocenters. The van der Waals surface area contributed by atoms with Gasteiger partial charge in [0.2, 0.25) is 0 Å². The summed E-state index contributed by atoms with van der Waals surface area (Å²) in [4.78, 5) is 16.5. The number of rotatable bonds is 2. The minimum atomic E-state index is 0.116. The van der Waals surface area contributed by atoms with E-state index in [9.17, 15) is 4.79 Å². The van der Waals surface area contributed by atoms with Gasteiger partial charge in [0.25, 0.3) is 0 Å². The van der Waals surface area contributed by atoms with Crippen LogP contribution in [-0.2, 0) is 0 Å². The largest absolute Gasteiger partial charge is 0.292 e. The first kappa shape index (κ1) is 11.7. The van der Waals surface area contributed by atoms with E-state index in [2.05, 4.69) is 22.8 Å². The summed E-state index contributed by atoms with van der Waals surface area (Å²) in [5.41, 5.74) is 0.979. The van der Waals surface area contributed by atoms with E-state index in [1.54, 1.807) is 18.3 Å². The molecule has 0 amide bonds. The fourth-order valence-corrected chi connectivity index (χ4v) is 4.69. The van der Waals surface area contributed by atoms with Crippen molar-refractivity contribution in [2.24, 2.45) is 5.92 Å². The van der Waals surface area contributed by atoms with Crippen molar-refractivity contribution in [3.63, 3.8) is 0 Å². The van der Waals surface area contributed by atoms with Crippen LogP contribution in [0.4, 0.5) is 0 Å². The fraction of sp³-hybridized carbons (Fsp3) is 0.500. The first-order valence-electron chi connectivity index (χ1n) is 6.32. The highest BCUT2D eigenvalue weighted by Crippen LogP contribution is 2.46. The molecule has 0 aromatic carbocycles. The van der Waals surface area contributed by atoms with E-state index in [-0.39, 0.29) is 11.7 Å². The zero-order valence-electron chi connectivity index (χ0n) is 10.0. The van der Waals surface area contributed by atoms with Gasteiger partial charge in [-0.25, -0.2) is 0 Å². The average molecular weight is 258 g/mol. The van der Waals surface area contributed by atoms with Crippen molar-refractivity contribution in [3.8, 4) is 6.07 Å². The van der Waals surface area contributed by atoms with Crippen molar-refractivity contribution in [2.75, 3.05) is 0 Å². The molecule has 2 saturated heterocycles. The summed E-state index contributed by atoms with van der Waals surface area (Å²) in [5, 5.41) is 10.2.